The maximum Gasteiger partial charge on any atom is 0.335 e. The Bertz CT molecular complexity index is 473. The molecule has 20 heavy (non-hydrogen) atoms. The van der Waals surface area contributed by atoms with Gasteiger partial charge in [0.1, 0.15) is 0 Å². The number of carbonyl (C=O) groups is 1. The highest BCUT2D eigenvalue weighted by atomic mass is 16.5. The molecule has 2 unspecified atom stereocenters. The molecule has 0 heterocycles. The van der Waals surface area contributed by atoms with E-state index >= 15 is 0 Å². The van der Waals surface area contributed by atoms with Crippen molar-refractivity contribution in [3.05, 3.63) is 23.8 Å². The highest BCUT2D eigenvalue weighted by molar-refractivity contribution is 5.88. The quantitative estimate of drug-likeness (QED) is 0.914. The second-order valence-electron chi connectivity index (χ2n) is 5.83. The zero-order valence-corrected chi connectivity index (χ0v) is 12.3. The molecule has 0 aliphatic heterocycles. The fourth-order valence-electron chi connectivity index (χ4n) is 3.05. The topological polar surface area (TPSA) is 55.8 Å². The van der Waals surface area contributed by atoms with Gasteiger partial charge >= 0.3 is 5.97 Å². The molecule has 0 bridgehead atoms. The van der Waals surface area contributed by atoms with Crippen LogP contribution in [-0.4, -0.2) is 24.3 Å². The van der Waals surface area contributed by atoms with Gasteiger partial charge in [0, 0.05) is 0 Å². The molecule has 1 aliphatic carbocycles. The molecule has 4 nitrogen and oxygen atoms in total. The Balaban J connectivity index is 2.14. The van der Waals surface area contributed by atoms with Gasteiger partial charge in [0.2, 0.25) is 0 Å². The molecular formula is C16H22O4. The molecule has 2 rings (SSSR count). The lowest BCUT2D eigenvalue weighted by Crippen LogP contribution is -2.28. The molecule has 0 aromatic heterocycles. The zero-order chi connectivity index (χ0) is 14.7. The molecular weight excluding hydrogens is 256 g/mol. The number of hydrogen-bond donors (Lipinski definition) is 1. The third kappa shape index (κ3) is 3.44. The van der Waals surface area contributed by atoms with Crippen molar-refractivity contribution in [3.8, 4) is 11.5 Å². The van der Waals surface area contributed by atoms with Crippen molar-refractivity contribution in [2.75, 3.05) is 7.11 Å². The predicted octanol–water partition coefficient (Wildman–Crippen LogP) is 3.60. The van der Waals surface area contributed by atoms with Gasteiger partial charge in [-0.1, -0.05) is 13.8 Å². The van der Waals surface area contributed by atoms with Crippen molar-refractivity contribution in [2.24, 2.45) is 11.8 Å². The molecule has 110 valence electrons. The minimum absolute atomic E-state index is 0.179. The lowest BCUT2D eigenvalue weighted by atomic mass is 9.82. The van der Waals surface area contributed by atoms with Crippen LogP contribution in [-0.2, 0) is 0 Å². The number of hydrogen-bond acceptors (Lipinski definition) is 3. The van der Waals surface area contributed by atoms with E-state index in [1.165, 1.54) is 19.6 Å². The minimum atomic E-state index is -0.963. The van der Waals surface area contributed by atoms with Crippen LogP contribution < -0.4 is 9.47 Å². The van der Waals surface area contributed by atoms with E-state index < -0.39 is 5.97 Å². The number of carboxylic acids is 1. The number of aromatic carboxylic acids is 1. The molecule has 2 atom stereocenters. The van der Waals surface area contributed by atoms with E-state index in [1.54, 1.807) is 12.1 Å². The fourth-order valence-corrected chi connectivity index (χ4v) is 3.05. The van der Waals surface area contributed by atoms with E-state index in [0.717, 1.165) is 12.8 Å². The van der Waals surface area contributed by atoms with Crippen molar-refractivity contribution in [1.82, 2.24) is 0 Å². The standard InChI is InChI=1S/C16H22O4/c1-10-6-11(2)8-13(7-10)20-14-5-4-12(16(17)18)9-15(14)19-3/h4-5,9-11,13H,6-8H2,1-3H3,(H,17,18). The summed E-state index contributed by atoms with van der Waals surface area (Å²) in [6.45, 7) is 4.49. The summed E-state index contributed by atoms with van der Waals surface area (Å²) in [5.41, 5.74) is 0.208. The van der Waals surface area contributed by atoms with Crippen LogP contribution in [0.3, 0.4) is 0 Å². The van der Waals surface area contributed by atoms with Gasteiger partial charge in [-0.05, 0) is 49.3 Å². The Morgan fingerprint density at radius 3 is 2.35 bits per heavy atom. The summed E-state index contributed by atoms with van der Waals surface area (Å²) in [6.07, 6.45) is 3.50. The number of ether oxygens (including phenoxy) is 2. The molecule has 1 aromatic carbocycles. The number of carboxylic acid groups (broad SMARTS) is 1. The van der Waals surface area contributed by atoms with Crippen LogP contribution in [0.1, 0.15) is 43.5 Å². The van der Waals surface area contributed by atoms with E-state index in [9.17, 15) is 4.79 Å². The van der Waals surface area contributed by atoms with Gasteiger partial charge in [-0.15, -0.1) is 0 Å². The van der Waals surface area contributed by atoms with Gasteiger partial charge in [-0.2, -0.15) is 0 Å². The highest BCUT2D eigenvalue weighted by Crippen LogP contribution is 2.35. The van der Waals surface area contributed by atoms with Gasteiger partial charge in [-0.25, -0.2) is 4.79 Å². The van der Waals surface area contributed by atoms with Gasteiger partial charge in [0.15, 0.2) is 11.5 Å². The van der Waals surface area contributed by atoms with Crippen molar-refractivity contribution < 1.29 is 19.4 Å². The average Bonchev–Trinajstić information content (AvgIpc) is 2.37. The van der Waals surface area contributed by atoms with Crippen molar-refractivity contribution in [1.29, 1.82) is 0 Å². The second-order valence-corrected chi connectivity index (χ2v) is 5.83. The van der Waals surface area contributed by atoms with Gasteiger partial charge < -0.3 is 14.6 Å². The Labute approximate surface area is 119 Å². The summed E-state index contributed by atoms with van der Waals surface area (Å²) in [5, 5.41) is 8.99. The first-order valence-corrected chi connectivity index (χ1v) is 7.07. The SMILES string of the molecule is COc1cc(C(=O)O)ccc1OC1CC(C)CC(C)C1. The molecule has 1 N–H and O–H groups in total. The lowest BCUT2D eigenvalue weighted by molar-refractivity contribution is 0.0696. The lowest BCUT2D eigenvalue weighted by Gasteiger charge is -2.32. The summed E-state index contributed by atoms with van der Waals surface area (Å²) in [5.74, 6) is 1.47. The van der Waals surface area contributed by atoms with Crippen LogP contribution in [0, 0.1) is 11.8 Å². The van der Waals surface area contributed by atoms with Crippen LogP contribution in [0.4, 0.5) is 0 Å². The average molecular weight is 278 g/mol. The number of benzene rings is 1. The van der Waals surface area contributed by atoms with Crippen molar-refractivity contribution in [3.63, 3.8) is 0 Å². The van der Waals surface area contributed by atoms with E-state index in [4.69, 9.17) is 14.6 Å². The summed E-state index contributed by atoms with van der Waals surface area (Å²) in [7, 11) is 1.53. The normalized spacial score (nSPS) is 26.1. The Morgan fingerprint density at radius 1 is 1.15 bits per heavy atom. The van der Waals surface area contributed by atoms with Crippen LogP contribution in [0.15, 0.2) is 18.2 Å². The van der Waals surface area contributed by atoms with Crippen LogP contribution in [0.25, 0.3) is 0 Å². The fraction of sp³-hybridized carbons (Fsp3) is 0.562. The Hall–Kier alpha value is -1.71. The van der Waals surface area contributed by atoms with E-state index in [-0.39, 0.29) is 11.7 Å². The van der Waals surface area contributed by atoms with Crippen LogP contribution >= 0.6 is 0 Å². The monoisotopic (exact) mass is 278 g/mol. The van der Waals surface area contributed by atoms with Crippen LogP contribution in [0.5, 0.6) is 11.5 Å². The smallest absolute Gasteiger partial charge is 0.335 e. The molecule has 1 aromatic rings. The first-order chi connectivity index (χ1) is 9.49. The zero-order valence-electron chi connectivity index (χ0n) is 12.3. The minimum Gasteiger partial charge on any atom is -0.493 e. The van der Waals surface area contributed by atoms with Crippen molar-refractivity contribution in [2.45, 2.75) is 39.2 Å². The van der Waals surface area contributed by atoms with Gasteiger partial charge in [0.05, 0.1) is 18.8 Å². The first-order valence-electron chi connectivity index (χ1n) is 7.07. The summed E-state index contributed by atoms with van der Waals surface area (Å²) in [4.78, 5) is 11.0. The van der Waals surface area contributed by atoms with Gasteiger partial charge in [0.25, 0.3) is 0 Å². The van der Waals surface area contributed by atoms with E-state index in [2.05, 4.69) is 13.8 Å². The Morgan fingerprint density at radius 2 is 1.80 bits per heavy atom. The maximum atomic E-state index is 11.0. The third-order valence-corrected chi connectivity index (χ3v) is 3.84. The molecule has 4 heteroatoms. The predicted molar refractivity (Wildman–Crippen MR) is 76.5 cm³/mol. The summed E-state index contributed by atoms with van der Waals surface area (Å²) >= 11 is 0. The second kappa shape index (κ2) is 6.16. The number of rotatable bonds is 4. The largest absolute Gasteiger partial charge is 0.493 e. The molecule has 0 amide bonds. The molecule has 0 saturated heterocycles. The van der Waals surface area contributed by atoms with E-state index in [0.29, 0.717) is 23.3 Å². The maximum absolute atomic E-state index is 11.0. The first kappa shape index (κ1) is 14.7. The molecule has 1 saturated carbocycles. The van der Waals surface area contributed by atoms with Crippen LogP contribution in [0.2, 0.25) is 0 Å². The molecule has 1 fully saturated rings. The van der Waals surface area contributed by atoms with Gasteiger partial charge in [-0.3, -0.25) is 0 Å². The Kier molecular flexibility index (Phi) is 4.53. The molecule has 0 spiro atoms. The van der Waals surface area contributed by atoms with Crippen molar-refractivity contribution >= 4 is 5.97 Å². The van der Waals surface area contributed by atoms with E-state index in [1.807, 2.05) is 0 Å². The molecule has 1 aliphatic rings. The third-order valence-electron chi connectivity index (χ3n) is 3.84. The highest BCUT2D eigenvalue weighted by Gasteiger charge is 2.26. The summed E-state index contributed by atoms with van der Waals surface area (Å²) < 4.78 is 11.3. The summed E-state index contributed by atoms with van der Waals surface area (Å²) in [6, 6.07) is 4.75. The number of methoxy groups -OCH3 is 1. The molecule has 0 radical (unpaired) electrons.